The number of aliphatic imine (C=N–C) groups is 1. The highest BCUT2D eigenvalue weighted by Gasteiger charge is 2.11. The molecule has 84 valence electrons. The fourth-order valence-corrected chi connectivity index (χ4v) is 2.30. The summed E-state index contributed by atoms with van der Waals surface area (Å²) in [6.45, 7) is 2.83. The summed E-state index contributed by atoms with van der Waals surface area (Å²) < 4.78 is 0. The van der Waals surface area contributed by atoms with Gasteiger partial charge >= 0.3 is 0 Å². The second-order valence-corrected chi connectivity index (χ2v) is 4.77. The number of carbonyl (C=O) groups is 1. The van der Waals surface area contributed by atoms with Gasteiger partial charge in [-0.05, 0) is 18.1 Å². The maximum Gasteiger partial charge on any atom is 0.230 e. The van der Waals surface area contributed by atoms with Crippen LogP contribution in [0.1, 0.15) is 11.1 Å². The largest absolute Gasteiger partial charge is 0.305 e. The predicted octanol–water partition coefficient (Wildman–Crippen LogP) is 1.76. The van der Waals surface area contributed by atoms with Gasteiger partial charge in [0.1, 0.15) is 0 Å². The van der Waals surface area contributed by atoms with Crippen LogP contribution in [0.5, 0.6) is 0 Å². The summed E-state index contributed by atoms with van der Waals surface area (Å²) in [7, 11) is 0. The quantitative estimate of drug-likeness (QED) is 0.847. The van der Waals surface area contributed by atoms with Gasteiger partial charge in [-0.25, -0.2) is 0 Å². The van der Waals surface area contributed by atoms with Crippen molar-refractivity contribution in [3.63, 3.8) is 0 Å². The average molecular weight is 234 g/mol. The Bertz CT molecular complexity index is 429. The highest BCUT2D eigenvalue weighted by atomic mass is 32.2. The first-order valence-corrected chi connectivity index (χ1v) is 6.26. The van der Waals surface area contributed by atoms with Crippen molar-refractivity contribution in [3.8, 4) is 0 Å². The standard InChI is InChI=1S/C12H14N2OS/c1-9-4-2-3-5-10(9)8-11(15)14-12-13-6-7-16-12/h2-5H,6-8H2,1H3,(H,13,14,15). The summed E-state index contributed by atoms with van der Waals surface area (Å²) in [5.41, 5.74) is 2.22. The lowest BCUT2D eigenvalue weighted by Crippen LogP contribution is -2.29. The minimum atomic E-state index is 0.0162. The van der Waals surface area contributed by atoms with Gasteiger partial charge in [-0.1, -0.05) is 36.0 Å². The van der Waals surface area contributed by atoms with Crippen molar-refractivity contribution in [2.45, 2.75) is 13.3 Å². The van der Waals surface area contributed by atoms with Crippen molar-refractivity contribution in [1.82, 2.24) is 5.32 Å². The lowest BCUT2D eigenvalue weighted by Gasteiger charge is -2.06. The topological polar surface area (TPSA) is 41.5 Å². The molecule has 0 unspecified atom stereocenters. The van der Waals surface area contributed by atoms with E-state index in [1.54, 1.807) is 11.8 Å². The van der Waals surface area contributed by atoms with Gasteiger partial charge in [0.2, 0.25) is 5.91 Å². The number of hydrogen-bond donors (Lipinski definition) is 1. The van der Waals surface area contributed by atoms with Crippen LogP contribution in [-0.2, 0) is 11.2 Å². The second kappa shape index (κ2) is 5.16. The molecule has 0 saturated carbocycles. The van der Waals surface area contributed by atoms with Crippen molar-refractivity contribution < 1.29 is 4.79 Å². The molecule has 0 atom stereocenters. The van der Waals surface area contributed by atoms with Crippen LogP contribution in [0, 0.1) is 6.92 Å². The van der Waals surface area contributed by atoms with Gasteiger partial charge in [-0.3, -0.25) is 9.79 Å². The zero-order valence-corrected chi connectivity index (χ0v) is 10.0. The molecule has 0 fully saturated rings. The summed E-state index contributed by atoms with van der Waals surface area (Å²) in [4.78, 5) is 15.9. The summed E-state index contributed by atoms with van der Waals surface area (Å²) in [6.07, 6.45) is 0.423. The third-order valence-electron chi connectivity index (χ3n) is 2.44. The number of hydrogen-bond acceptors (Lipinski definition) is 3. The number of carbonyl (C=O) groups excluding carboxylic acids is 1. The Kier molecular flexibility index (Phi) is 3.62. The molecule has 0 saturated heterocycles. The molecule has 1 aliphatic rings. The minimum Gasteiger partial charge on any atom is -0.305 e. The Morgan fingerprint density at radius 2 is 2.31 bits per heavy atom. The molecular formula is C12H14N2OS. The van der Waals surface area contributed by atoms with Crippen molar-refractivity contribution in [3.05, 3.63) is 35.4 Å². The number of amidine groups is 1. The number of amides is 1. The molecular weight excluding hydrogens is 220 g/mol. The van der Waals surface area contributed by atoms with Gasteiger partial charge in [-0.2, -0.15) is 0 Å². The first-order chi connectivity index (χ1) is 7.75. The van der Waals surface area contributed by atoms with Crippen molar-refractivity contribution >= 4 is 22.8 Å². The molecule has 1 amide bonds. The normalized spacial score (nSPS) is 14.7. The van der Waals surface area contributed by atoms with E-state index in [1.165, 1.54) is 0 Å². The number of rotatable bonds is 2. The zero-order chi connectivity index (χ0) is 11.4. The highest BCUT2D eigenvalue weighted by molar-refractivity contribution is 8.14. The number of nitrogens with one attached hydrogen (secondary N) is 1. The lowest BCUT2D eigenvalue weighted by atomic mass is 10.1. The molecule has 2 rings (SSSR count). The molecule has 1 heterocycles. The van der Waals surface area contributed by atoms with Gasteiger partial charge in [0.05, 0.1) is 13.0 Å². The molecule has 1 aromatic rings. The third kappa shape index (κ3) is 2.85. The van der Waals surface area contributed by atoms with E-state index in [-0.39, 0.29) is 5.91 Å². The third-order valence-corrected chi connectivity index (χ3v) is 3.34. The molecule has 3 nitrogen and oxygen atoms in total. The minimum absolute atomic E-state index is 0.0162. The van der Waals surface area contributed by atoms with E-state index in [1.807, 2.05) is 31.2 Å². The molecule has 1 aliphatic heterocycles. The summed E-state index contributed by atoms with van der Waals surface area (Å²) in [5, 5.41) is 3.59. The van der Waals surface area contributed by atoms with E-state index < -0.39 is 0 Å². The smallest absolute Gasteiger partial charge is 0.230 e. The molecule has 4 heteroatoms. The van der Waals surface area contributed by atoms with E-state index in [0.717, 1.165) is 28.6 Å². The summed E-state index contributed by atoms with van der Waals surface area (Å²) in [5.74, 6) is 0.988. The molecule has 16 heavy (non-hydrogen) atoms. The SMILES string of the molecule is Cc1ccccc1CC(=O)NC1=NCCS1. The van der Waals surface area contributed by atoms with Crippen molar-refractivity contribution in [1.29, 1.82) is 0 Å². The van der Waals surface area contributed by atoms with Gasteiger partial charge < -0.3 is 5.32 Å². The number of aryl methyl sites for hydroxylation is 1. The Morgan fingerprint density at radius 1 is 1.50 bits per heavy atom. The zero-order valence-electron chi connectivity index (χ0n) is 9.19. The van der Waals surface area contributed by atoms with Crippen LogP contribution >= 0.6 is 11.8 Å². The number of nitrogens with zero attached hydrogens (tertiary/aromatic N) is 1. The van der Waals surface area contributed by atoms with Crippen LogP contribution in [-0.4, -0.2) is 23.4 Å². The van der Waals surface area contributed by atoms with Crippen LogP contribution < -0.4 is 5.32 Å². The van der Waals surface area contributed by atoms with E-state index in [2.05, 4.69) is 10.3 Å². The van der Waals surface area contributed by atoms with Crippen LogP contribution in [0.3, 0.4) is 0 Å². The van der Waals surface area contributed by atoms with Gasteiger partial charge in [-0.15, -0.1) is 0 Å². The molecule has 1 aromatic carbocycles. The Hall–Kier alpha value is -1.29. The van der Waals surface area contributed by atoms with E-state index in [4.69, 9.17) is 0 Å². The maximum atomic E-state index is 11.7. The van der Waals surface area contributed by atoms with Crippen LogP contribution in [0.15, 0.2) is 29.3 Å². The molecule has 0 aromatic heterocycles. The molecule has 0 aliphatic carbocycles. The fourth-order valence-electron chi connectivity index (χ4n) is 1.56. The van der Waals surface area contributed by atoms with Gasteiger partial charge in [0.25, 0.3) is 0 Å². The second-order valence-electron chi connectivity index (χ2n) is 3.69. The molecule has 1 N–H and O–H groups in total. The lowest BCUT2D eigenvalue weighted by molar-refractivity contribution is -0.119. The van der Waals surface area contributed by atoms with E-state index in [0.29, 0.717) is 6.42 Å². The molecule has 0 radical (unpaired) electrons. The van der Waals surface area contributed by atoms with Crippen molar-refractivity contribution in [2.75, 3.05) is 12.3 Å². The van der Waals surface area contributed by atoms with Gasteiger partial charge in [0, 0.05) is 5.75 Å². The summed E-state index contributed by atoms with van der Waals surface area (Å²) >= 11 is 1.60. The maximum absolute atomic E-state index is 11.7. The van der Waals surface area contributed by atoms with E-state index >= 15 is 0 Å². The van der Waals surface area contributed by atoms with Crippen LogP contribution in [0.4, 0.5) is 0 Å². The monoisotopic (exact) mass is 234 g/mol. The van der Waals surface area contributed by atoms with Crippen molar-refractivity contribution in [2.24, 2.45) is 4.99 Å². The highest BCUT2D eigenvalue weighted by Crippen LogP contribution is 2.10. The average Bonchev–Trinajstić information content (AvgIpc) is 2.74. The molecule has 0 spiro atoms. The first kappa shape index (κ1) is 11.2. The molecule has 0 bridgehead atoms. The van der Waals surface area contributed by atoms with Crippen LogP contribution in [0.25, 0.3) is 0 Å². The van der Waals surface area contributed by atoms with Crippen LogP contribution in [0.2, 0.25) is 0 Å². The van der Waals surface area contributed by atoms with E-state index in [9.17, 15) is 4.79 Å². The number of benzene rings is 1. The number of thioether (sulfide) groups is 1. The van der Waals surface area contributed by atoms with Gasteiger partial charge in [0.15, 0.2) is 5.17 Å². The fraction of sp³-hybridized carbons (Fsp3) is 0.333. The Labute approximate surface area is 99.3 Å². The first-order valence-electron chi connectivity index (χ1n) is 5.27. The Balaban J connectivity index is 1.94. The predicted molar refractivity (Wildman–Crippen MR) is 67.8 cm³/mol. The summed E-state index contributed by atoms with van der Waals surface area (Å²) in [6, 6.07) is 7.94. The Morgan fingerprint density at radius 3 is 3.00 bits per heavy atom.